The lowest BCUT2D eigenvalue weighted by molar-refractivity contribution is -0.132. The molecule has 0 saturated carbocycles. The van der Waals surface area contributed by atoms with Crippen LogP contribution in [-0.2, 0) is 14.3 Å². The van der Waals surface area contributed by atoms with E-state index in [-0.39, 0.29) is 38.6 Å². The molecule has 10 heteroatoms. The van der Waals surface area contributed by atoms with Crippen LogP contribution in [0.3, 0.4) is 0 Å². The van der Waals surface area contributed by atoms with E-state index in [0.717, 1.165) is 0 Å². The number of benzene rings is 2. The number of amides is 1. The molecular formula is C27H22Cl2N2O6. The molecule has 1 saturated heterocycles. The fourth-order valence-electron chi connectivity index (χ4n) is 4.08. The fraction of sp³-hybridized carbons (Fsp3) is 0.185. The Bertz CT molecular complexity index is 1400. The summed E-state index contributed by atoms with van der Waals surface area (Å²) < 4.78 is 10.6. The normalized spacial score (nSPS) is 16.8. The molecule has 37 heavy (non-hydrogen) atoms. The van der Waals surface area contributed by atoms with Crippen molar-refractivity contribution in [2.45, 2.75) is 26.0 Å². The van der Waals surface area contributed by atoms with Gasteiger partial charge in [-0.3, -0.25) is 19.5 Å². The first-order chi connectivity index (χ1) is 17.6. The number of carbonyl (C=O) groups is 3. The van der Waals surface area contributed by atoms with Gasteiger partial charge in [-0.2, -0.15) is 0 Å². The van der Waals surface area contributed by atoms with E-state index in [4.69, 9.17) is 32.7 Å². The number of Topliss-reactive ketones (excluding diaryl/α,β-unsaturated/α-hetero) is 1. The monoisotopic (exact) mass is 540 g/mol. The molecule has 3 aromatic rings. The summed E-state index contributed by atoms with van der Waals surface area (Å²) in [6.45, 7) is 3.48. The van der Waals surface area contributed by atoms with E-state index in [1.807, 2.05) is 0 Å². The van der Waals surface area contributed by atoms with Crippen LogP contribution in [0.15, 0.2) is 66.5 Å². The number of methoxy groups -OCH3 is 1. The molecule has 2 aromatic carbocycles. The Morgan fingerprint density at radius 2 is 1.81 bits per heavy atom. The Labute approximate surface area is 223 Å². The first kappa shape index (κ1) is 26.2. The average Bonchev–Trinajstić information content (AvgIpc) is 3.13. The first-order valence-electron chi connectivity index (χ1n) is 11.2. The third-order valence-corrected chi connectivity index (χ3v) is 6.14. The number of nitrogens with zero attached hydrogens (tertiary/aromatic N) is 2. The lowest BCUT2D eigenvalue weighted by Crippen LogP contribution is -2.29. The highest BCUT2D eigenvalue weighted by Gasteiger charge is 2.47. The second-order valence-corrected chi connectivity index (χ2v) is 9.27. The molecule has 1 aliphatic heterocycles. The summed E-state index contributed by atoms with van der Waals surface area (Å²) >= 11 is 12.4. The van der Waals surface area contributed by atoms with Crippen LogP contribution < -0.4 is 9.64 Å². The van der Waals surface area contributed by atoms with Crippen LogP contribution in [0.2, 0.25) is 10.0 Å². The number of ether oxygens (including phenoxy) is 2. The lowest BCUT2D eigenvalue weighted by atomic mass is 9.95. The van der Waals surface area contributed by atoms with E-state index in [1.165, 1.54) is 54.6 Å². The van der Waals surface area contributed by atoms with Gasteiger partial charge in [-0.25, -0.2) is 4.79 Å². The maximum atomic E-state index is 13.3. The van der Waals surface area contributed by atoms with Crippen molar-refractivity contribution in [3.05, 3.63) is 93.2 Å². The van der Waals surface area contributed by atoms with Gasteiger partial charge in [-0.15, -0.1) is 0 Å². The molecular weight excluding hydrogens is 519 g/mol. The molecule has 1 aliphatic rings. The number of halogens is 2. The topological polar surface area (TPSA) is 106 Å². The zero-order valence-electron chi connectivity index (χ0n) is 20.1. The number of anilines is 1. The van der Waals surface area contributed by atoms with Crippen molar-refractivity contribution in [3.63, 3.8) is 0 Å². The fourth-order valence-corrected chi connectivity index (χ4v) is 4.65. The summed E-state index contributed by atoms with van der Waals surface area (Å²) in [5.41, 5.74) is 0.938. The number of pyridine rings is 1. The van der Waals surface area contributed by atoms with Crippen molar-refractivity contribution in [3.8, 4) is 5.75 Å². The maximum absolute atomic E-state index is 13.3. The molecule has 0 aliphatic carbocycles. The molecule has 1 N–H and O–H groups in total. The van der Waals surface area contributed by atoms with Gasteiger partial charge in [0.1, 0.15) is 11.5 Å². The molecule has 0 spiro atoms. The summed E-state index contributed by atoms with van der Waals surface area (Å²) in [7, 11) is 1.36. The number of aliphatic hydroxyl groups excluding tert-OH is 1. The minimum Gasteiger partial charge on any atom is -0.507 e. The predicted molar refractivity (Wildman–Crippen MR) is 139 cm³/mol. The lowest BCUT2D eigenvalue weighted by Gasteiger charge is -2.25. The number of esters is 1. The first-order valence-corrected chi connectivity index (χ1v) is 11.9. The molecule has 1 amide bonds. The summed E-state index contributed by atoms with van der Waals surface area (Å²) in [5, 5.41) is 11.7. The van der Waals surface area contributed by atoms with Crippen LogP contribution in [0, 0.1) is 0 Å². The van der Waals surface area contributed by atoms with Gasteiger partial charge < -0.3 is 14.6 Å². The number of hydrogen-bond donors (Lipinski definition) is 1. The molecule has 190 valence electrons. The average molecular weight is 541 g/mol. The van der Waals surface area contributed by atoms with E-state index in [0.29, 0.717) is 11.3 Å². The number of rotatable bonds is 6. The molecule has 1 unspecified atom stereocenters. The summed E-state index contributed by atoms with van der Waals surface area (Å²) in [6.07, 6.45) is 2.74. The van der Waals surface area contributed by atoms with E-state index in [1.54, 1.807) is 32.2 Å². The van der Waals surface area contributed by atoms with Crippen LogP contribution >= 0.6 is 23.2 Å². The molecule has 1 aromatic heterocycles. The minimum atomic E-state index is -1.04. The van der Waals surface area contributed by atoms with Crippen LogP contribution in [0.4, 0.5) is 5.69 Å². The van der Waals surface area contributed by atoms with Crippen LogP contribution in [0.25, 0.3) is 5.76 Å². The highest BCUT2D eigenvalue weighted by atomic mass is 35.5. The summed E-state index contributed by atoms with van der Waals surface area (Å²) in [6, 6.07) is 11.2. The number of aromatic nitrogens is 1. The highest BCUT2D eigenvalue weighted by Crippen LogP contribution is 2.44. The van der Waals surface area contributed by atoms with Crippen molar-refractivity contribution < 1.29 is 29.0 Å². The second-order valence-electron chi connectivity index (χ2n) is 8.42. The van der Waals surface area contributed by atoms with Gasteiger partial charge >= 0.3 is 5.97 Å². The van der Waals surface area contributed by atoms with Crippen molar-refractivity contribution in [2.75, 3.05) is 12.0 Å². The predicted octanol–water partition coefficient (Wildman–Crippen LogP) is 5.59. The number of aliphatic hydroxyl groups is 1. The van der Waals surface area contributed by atoms with Gasteiger partial charge in [0, 0.05) is 23.1 Å². The van der Waals surface area contributed by atoms with E-state index < -0.39 is 29.5 Å². The number of hydrogen-bond acceptors (Lipinski definition) is 7. The van der Waals surface area contributed by atoms with Crippen molar-refractivity contribution in [1.82, 2.24) is 4.98 Å². The highest BCUT2D eigenvalue weighted by molar-refractivity contribution is 6.52. The smallest absolute Gasteiger partial charge is 0.338 e. The largest absolute Gasteiger partial charge is 0.507 e. The third-order valence-electron chi connectivity index (χ3n) is 5.64. The van der Waals surface area contributed by atoms with Crippen molar-refractivity contribution >= 4 is 52.3 Å². The zero-order valence-corrected chi connectivity index (χ0v) is 21.6. The Morgan fingerprint density at radius 3 is 2.41 bits per heavy atom. The van der Waals surface area contributed by atoms with Gasteiger partial charge in [0.05, 0.1) is 41.0 Å². The second kappa shape index (κ2) is 10.6. The third kappa shape index (κ3) is 5.03. The quantitative estimate of drug-likeness (QED) is 0.188. The van der Waals surface area contributed by atoms with E-state index in [2.05, 4.69) is 4.98 Å². The van der Waals surface area contributed by atoms with Gasteiger partial charge in [0.25, 0.3) is 11.7 Å². The SMILES string of the molecule is COc1c(Cl)cc(Cl)cc1/C(O)=C1\C(=O)C(=O)N(c2ccc(C(=O)OC(C)C)cc2)C1c1cccnc1. The van der Waals surface area contributed by atoms with Crippen LogP contribution in [0.5, 0.6) is 5.75 Å². The Kier molecular flexibility index (Phi) is 7.52. The Balaban J connectivity index is 1.88. The molecule has 1 atom stereocenters. The maximum Gasteiger partial charge on any atom is 0.338 e. The van der Waals surface area contributed by atoms with E-state index in [9.17, 15) is 19.5 Å². The van der Waals surface area contributed by atoms with Crippen molar-refractivity contribution in [2.24, 2.45) is 0 Å². The Hall–Kier alpha value is -3.88. The molecule has 8 nitrogen and oxygen atoms in total. The molecule has 0 radical (unpaired) electrons. The summed E-state index contributed by atoms with van der Waals surface area (Å²) in [5.74, 6) is -2.73. The summed E-state index contributed by atoms with van der Waals surface area (Å²) in [4.78, 5) is 44.3. The standard InChI is InChI=1S/C27H22Cl2N2O6/c1-14(2)37-27(35)15-6-8-18(9-7-15)31-22(16-5-4-10-30-13-16)21(24(33)26(31)34)23(32)19-11-17(28)12-20(29)25(19)36-3/h4-14,22,32H,1-3H3/b23-21+. The Morgan fingerprint density at radius 1 is 1.11 bits per heavy atom. The molecule has 1 fully saturated rings. The van der Waals surface area contributed by atoms with E-state index >= 15 is 0 Å². The van der Waals surface area contributed by atoms with Gasteiger partial charge in [0.15, 0.2) is 0 Å². The van der Waals surface area contributed by atoms with Gasteiger partial charge in [-0.1, -0.05) is 29.3 Å². The van der Waals surface area contributed by atoms with Crippen molar-refractivity contribution in [1.29, 1.82) is 0 Å². The molecule has 2 heterocycles. The number of ketones is 1. The number of carbonyl (C=O) groups excluding carboxylic acids is 3. The molecule has 0 bridgehead atoms. The minimum absolute atomic E-state index is 0.0543. The van der Waals surface area contributed by atoms with Crippen LogP contribution in [-0.4, -0.2) is 41.0 Å². The molecule has 4 rings (SSSR count). The zero-order chi connectivity index (χ0) is 26.9. The van der Waals surface area contributed by atoms with Gasteiger partial charge in [0.2, 0.25) is 0 Å². The van der Waals surface area contributed by atoms with Crippen LogP contribution in [0.1, 0.15) is 41.4 Å². The van der Waals surface area contributed by atoms with Gasteiger partial charge in [-0.05, 0) is 61.9 Å².